The number of nitrogen functional groups attached to an aromatic ring is 1. The molecule has 0 saturated heterocycles. The number of nitriles is 1. The summed E-state index contributed by atoms with van der Waals surface area (Å²) in [4.78, 5) is 27.1. The number of carbonyl (C=O) groups is 1. The number of nitrogens with one attached hydrogen (secondary N) is 1. The van der Waals surface area contributed by atoms with Gasteiger partial charge in [0.05, 0.1) is 22.1 Å². The number of nitrogens with zero attached hydrogens (tertiary/aromatic N) is 4. The summed E-state index contributed by atoms with van der Waals surface area (Å²) in [5.41, 5.74) is 7.26. The third-order valence-corrected chi connectivity index (χ3v) is 4.82. The van der Waals surface area contributed by atoms with E-state index in [0.717, 1.165) is 11.1 Å². The number of benzene rings is 1. The minimum absolute atomic E-state index is 0.144. The van der Waals surface area contributed by atoms with E-state index in [1.54, 1.807) is 30.5 Å². The second-order valence-electron chi connectivity index (χ2n) is 8.65. The van der Waals surface area contributed by atoms with Crippen LogP contribution < -0.4 is 11.1 Å². The maximum Gasteiger partial charge on any atom is 0.340 e. The first kappa shape index (κ1) is 24.3. The lowest BCUT2D eigenvalue weighted by Crippen LogP contribution is -2.24. The summed E-state index contributed by atoms with van der Waals surface area (Å²) < 4.78 is 7.49. The van der Waals surface area contributed by atoms with Crippen molar-refractivity contribution >= 4 is 23.3 Å². The number of rotatable bonds is 8. The van der Waals surface area contributed by atoms with Gasteiger partial charge in [0, 0.05) is 37.1 Å². The van der Waals surface area contributed by atoms with Crippen LogP contribution in [0.3, 0.4) is 0 Å². The van der Waals surface area contributed by atoms with Crippen LogP contribution in [-0.2, 0) is 11.3 Å². The number of anilines is 2. The summed E-state index contributed by atoms with van der Waals surface area (Å²) in [5.74, 6) is -0.118. The van der Waals surface area contributed by atoms with Crippen LogP contribution in [0.25, 0.3) is 11.1 Å². The molecule has 3 aromatic rings. The van der Waals surface area contributed by atoms with Gasteiger partial charge in [-0.2, -0.15) is 5.26 Å². The van der Waals surface area contributed by atoms with E-state index in [0.29, 0.717) is 36.5 Å². The highest BCUT2D eigenvalue weighted by molar-refractivity contribution is 5.97. The minimum atomic E-state index is -0.634. The summed E-state index contributed by atoms with van der Waals surface area (Å²) >= 11 is 0. The monoisotopic (exact) mass is 462 g/mol. The van der Waals surface area contributed by atoms with Crippen molar-refractivity contribution in [1.82, 2.24) is 9.55 Å². The molecule has 0 bridgehead atoms. The number of hydrogen-bond acceptors (Lipinski definition) is 8. The standard InChI is InChI=1S/C24H26N6O4/c1-24(2,3)34-23(31)19-15-29(14-18(19)17-7-5-16(13-25)6-8-17)12-4-11-27-21-10-9-20(30(32)33)22(26)28-21/h5-10,14-15H,4,11-12H2,1-3H3,(H3,26,27,28). The Balaban J connectivity index is 1.72. The molecule has 0 unspecified atom stereocenters. The molecule has 0 amide bonds. The van der Waals surface area contributed by atoms with Gasteiger partial charge in [0.25, 0.3) is 0 Å². The molecule has 0 spiro atoms. The van der Waals surface area contributed by atoms with E-state index in [-0.39, 0.29) is 11.5 Å². The fourth-order valence-corrected chi connectivity index (χ4v) is 3.29. The summed E-state index contributed by atoms with van der Waals surface area (Å²) in [6.07, 6.45) is 4.32. The van der Waals surface area contributed by atoms with Crippen LogP contribution in [0.4, 0.5) is 17.3 Å². The quantitative estimate of drug-likeness (QED) is 0.217. The largest absolute Gasteiger partial charge is 0.456 e. The van der Waals surface area contributed by atoms with Crippen LogP contribution in [0.5, 0.6) is 0 Å². The molecule has 2 heterocycles. The summed E-state index contributed by atoms with van der Waals surface area (Å²) in [6, 6.07) is 11.9. The highest BCUT2D eigenvalue weighted by Crippen LogP contribution is 2.28. The molecular formula is C24H26N6O4. The SMILES string of the molecule is CC(C)(C)OC(=O)c1cn(CCCNc2ccc([N+](=O)[O-])c(N)n2)cc1-c1ccc(C#N)cc1. The maximum absolute atomic E-state index is 12.8. The minimum Gasteiger partial charge on any atom is -0.456 e. The lowest BCUT2D eigenvalue weighted by atomic mass is 10.0. The predicted octanol–water partition coefficient (Wildman–Crippen LogP) is 4.37. The Hall–Kier alpha value is -4.39. The van der Waals surface area contributed by atoms with Gasteiger partial charge in [-0.15, -0.1) is 0 Å². The molecule has 0 radical (unpaired) electrons. The number of pyridine rings is 1. The molecular weight excluding hydrogens is 436 g/mol. The second kappa shape index (κ2) is 10.0. The fourth-order valence-electron chi connectivity index (χ4n) is 3.29. The van der Waals surface area contributed by atoms with Gasteiger partial charge in [-0.05, 0) is 51.0 Å². The molecule has 1 aromatic carbocycles. The fraction of sp³-hybridized carbons (Fsp3) is 0.292. The Morgan fingerprint density at radius 1 is 1.24 bits per heavy atom. The van der Waals surface area contributed by atoms with E-state index in [1.165, 1.54) is 12.1 Å². The zero-order valence-corrected chi connectivity index (χ0v) is 19.2. The third-order valence-electron chi connectivity index (χ3n) is 4.82. The van der Waals surface area contributed by atoms with Crippen LogP contribution in [0.15, 0.2) is 48.8 Å². The molecule has 10 heteroatoms. The molecule has 2 aromatic heterocycles. The summed E-state index contributed by atoms with van der Waals surface area (Å²) in [7, 11) is 0. The van der Waals surface area contributed by atoms with Crippen molar-refractivity contribution in [2.24, 2.45) is 0 Å². The number of nitro groups is 1. The molecule has 0 fully saturated rings. The van der Waals surface area contributed by atoms with Gasteiger partial charge in [0.1, 0.15) is 11.4 Å². The number of aryl methyl sites for hydroxylation is 1. The molecule has 0 atom stereocenters. The van der Waals surface area contributed by atoms with Gasteiger partial charge >= 0.3 is 11.7 Å². The Morgan fingerprint density at radius 3 is 2.53 bits per heavy atom. The lowest BCUT2D eigenvalue weighted by molar-refractivity contribution is -0.384. The highest BCUT2D eigenvalue weighted by atomic mass is 16.6. The number of nitrogens with two attached hydrogens (primary N) is 1. The zero-order chi connectivity index (χ0) is 24.9. The summed E-state index contributed by atoms with van der Waals surface area (Å²) in [6.45, 7) is 6.58. The molecule has 0 aliphatic rings. The third kappa shape index (κ3) is 6.10. The first-order valence-electron chi connectivity index (χ1n) is 10.7. The van der Waals surface area contributed by atoms with Gasteiger partial charge in [0.2, 0.25) is 5.82 Å². The first-order valence-corrected chi connectivity index (χ1v) is 10.7. The van der Waals surface area contributed by atoms with Crippen LogP contribution >= 0.6 is 0 Å². The van der Waals surface area contributed by atoms with E-state index in [9.17, 15) is 14.9 Å². The molecule has 0 saturated carbocycles. The van der Waals surface area contributed by atoms with E-state index >= 15 is 0 Å². The average Bonchev–Trinajstić information content (AvgIpc) is 3.20. The van der Waals surface area contributed by atoms with E-state index < -0.39 is 16.5 Å². The topological polar surface area (TPSA) is 149 Å². The molecule has 10 nitrogen and oxygen atoms in total. The van der Waals surface area contributed by atoms with Crippen LogP contribution in [-0.4, -0.2) is 32.6 Å². The zero-order valence-electron chi connectivity index (χ0n) is 19.2. The van der Waals surface area contributed by atoms with Gasteiger partial charge < -0.3 is 20.4 Å². The highest BCUT2D eigenvalue weighted by Gasteiger charge is 2.23. The van der Waals surface area contributed by atoms with E-state index in [2.05, 4.69) is 16.4 Å². The number of aromatic nitrogens is 2. The molecule has 176 valence electrons. The van der Waals surface area contributed by atoms with E-state index in [4.69, 9.17) is 15.7 Å². The van der Waals surface area contributed by atoms with Crippen molar-refractivity contribution < 1.29 is 14.5 Å². The maximum atomic E-state index is 12.8. The second-order valence-corrected chi connectivity index (χ2v) is 8.65. The van der Waals surface area contributed by atoms with Crippen molar-refractivity contribution in [1.29, 1.82) is 5.26 Å². The van der Waals surface area contributed by atoms with Gasteiger partial charge in [-0.3, -0.25) is 10.1 Å². The van der Waals surface area contributed by atoms with Crippen molar-refractivity contribution in [3.05, 3.63) is 70.0 Å². The first-order chi connectivity index (χ1) is 16.1. The van der Waals surface area contributed by atoms with Gasteiger partial charge in [-0.25, -0.2) is 9.78 Å². The van der Waals surface area contributed by atoms with Crippen LogP contribution in [0.1, 0.15) is 43.1 Å². The van der Waals surface area contributed by atoms with Crippen LogP contribution in [0.2, 0.25) is 0 Å². The van der Waals surface area contributed by atoms with Crippen molar-refractivity contribution in [3.63, 3.8) is 0 Å². The normalized spacial score (nSPS) is 11.0. The van der Waals surface area contributed by atoms with Crippen molar-refractivity contribution in [2.45, 2.75) is 39.3 Å². The number of carbonyl (C=O) groups excluding carboxylic acids is 1. The van der Waals surface area contributed by atoms with E-state index in [1.807, 2.05) is 31.5 Å². The Morgan fingerprint density at radius 2 is 1.94 bits per heavy atom. The molecule has 3 rings (SSSR count). The molecule has 3 N–H and O–H groups in total. The Kier molecular flexibility index (Phi) is 7.16. The van der Waals surface area contributed by atoms with Gasteiger partial charge in [-0.1, -0.05) is 12.1 Å². The van der Waals surface area contributed by atoms with Crippen molar-refractivity contribution in [2.75, 3.05) is 17.6 Å². The molecule has 34 heavy (non-hydrogen) atoms. The van der Waals surface area contributed by atoms with Crippen molar-refractivity contribution in [3.8, 4) is 17.2 Å². The summed E-state index contributed by atoms with van der Waals surface area (Å²) in [5, 5.41) is 23.0. The van der Waals surface area contributed by atoms with Crippen LogP contribution in [0, 0.1) is 21.4 Å². The lowest BCUT2D eigenvalue weighted by Gasteiger charge is -2.19. The Labute approximate surface area is 197 Å². The predicted molar refractivity (Wildman–Crippen MR) is 128 cm³/mol. The number of esters is 1. The number of hydrogen-bond donors (Lipinski definition) is 2. The smallest absolute Gasteiger partial charge is 0.340 e. The Bertz CT molecular complexity index is 1240. The molecule has 0 aliphatic heterocycles. The number of ether oxygens (including phenoxy) is 1. The molecule has 0 aliphatic carbocycles. The van der Waals surface area contributed by atoms with Gasteiger partial charge in [0.15, 0.2) is 0 Å². The average molecular weight is 463 g/mol.